The molecule has 1 amide bonds. The van der Waals surface area contributed by atoms with E-state index in [1.54, 1.807) is 7.11 Å². The summed E-state index contributed by atoms with van der Waals surface area (Å²) >= 11 is 1.52. The Hall–Kier alpha value is -2.67. The molecule has 134 valence electrons. The number of aromatic nitrogens is 2. The van der Waals surface area contributed by atoms with Crippen LogP contribution in [0.5, 0.6) is 5.75 Å². The monoisotopic (exact) mass is 369 g/mol. The standard InChI is InChI=1S/C19H19N3O3S/c1-12-5-10-16(26-12)19(23)22-11-3-4-15(22)18-20-17(21-25-18)13-6-8-14(24-2)9-7-13/h5-10,15H,3-4,11H2,1-2H3/t15-/m1/s1. The van der Waals surface area contributed by atoms with E-state index in [0.29, 0.717) is 18.3 Å². The van der Waals surface area contributed by atoms with Crippen molar-refractivity contribution >= 4 is 17.2 Å². The van der Waals surface area contributed by atoms with Crippen molar-refractivity contribution in [3.05, 3.63) is 52.0 Å². The van der Waals surface area contributed by atoms with Gasteiger partial charge in [-0.3, -0.25) is 4.79 Å². The molecule has 1 aliphatic rings. The van der Waals surface area contributed by atoms with Gasteiger partial charge in [-0.05, 0) is 56.2 Å². The largest absolute Gasteiger partial charge is 0.497 e. The summed E-state index contributed by atoms with van der Waals surface area (Å²) in [6, 6.07) is 11.2. The average Bonchev–Trinajstić information content (AvgIpc) is 3.41. The van der Waals surface area contributed by atoms with Gasteiger partial charge in [0.05, 0.1) is 12.0 Å². The number of rotatable bonds is 4. The van der Waals surface area contributed by atoms with Gasteiger partial charge >= 0.3 is 0 Å². The molecule has 0 bridgehead atoms. The Morgan fingerprint density at radius 1 is 1.27 bits per heavy atom. The SMILES string of the molecule is COc1ccc(-c2noc([C@H]3CCCN3C(=O)c3ccc(C)s3)n2)cc1. The van der Waals surface area contributed by atoms with E-state index in [9.17, 15) is 4.79 Å². The number of carbonyl (C=O) groups excluding carboxylic acids is 1. The molecule has 26 heavy (non-hydrogen) atoms. The molecule has 1 aliphatic heterocycles. The minimum absolute atomic E-state index is 0.0368. The van der Waals surface area contributed by atoms with E-state index in [0.717, 1.165) is 33.9 Å². The number of aryl methyl sites for hydroxylation is 1. The van der Waals surface area contributed by atoms with E-state index in [1.807, 2.05) is 48.2 Å². The lowest BCUT2D eigenvalue weighted by Gasteiger charge is -2.21. The van der Waals surface area contributed by atoms with Crippen molar-refractivity contribution in [1.82, 2.24) is 15.0 Å². The third kappa shape index (κ3) is 3.10. The van der Waals surface area contributed by atoms with Gasteiger partial charge in [-0.2, -0.15) is 4.98 Å². The fraction of sp³-hybridized carbons (Fsp3) is 0.316. The summed E-state index contributed by atoms with van der Waals surface area (Å²) in [5.74, 6) is 1.83. The first-order valence-electron chi connectivity index (χ1n) is 8.51. The smallest absolute Gasteiger partial charge is 0.264 e. The van der Waals surface area contributed by atoms with Crippen LogP contribution in [0.25, 0.3) is 11.4 Å². The second-order valence-corrected chi connectivity index (χ2v) is 7.54. The van der Waals surface area contributed by atoms with Crippen molar-refractivity contribution < 1.29 is 14.1 Å². The number of carbonyl (C=O) groups is 1. The zero-order chi connectivity index (χ0) is 18.1. The highest BCUT2D eigenvalue weighted by Gasteiger charge is 2.35. The van der Waals surface area contributed by atoms with Crippen LogP contribution < -0.4 is 4.74 Å². The topological polar surface area (TPSA) is 68.5 Å². The molecule has 7 heteroatoms. The highest BCUT2D eigenvalue weighted by Crippen LogP contribution is 2.34. The van der Waals surface area contributed by atoms with Gasteiger partial charge in [-0.1, -0.05) is 5.16 Å². The van der Waals surface area contributed by atoms with Gasteiger partial charge in [0.15, 0.2) is 0 Å². The summed E-state index contributed by atoms with van der Waals surface area (Å²) < 4.78 is 10.7. The lowest BCUT2D eigenvalue weighted by molar-refractivity contribution is 0.0715. The molecular weight excluding hydrogens is 350 g/mol. The van der Waals surface area contributed by atoms with E-state index < -0.39 is 0 Å². The van der Waals surface area contributed by atoms with Crippen molar-refractivity contribution in [2.45, 2.75) is 25.8 Å². The molecule has 6 nitrogen and oxygen atoms in total. The predicted octanol–water partition coefficient (Wildman–Crippen LogP) is 4.09. The number of amides is 1. The Morgan fingerprint density at radius 2 is 2.08 bits per heavy atom. The maximum Gasteiger partial charge on any atom is 0.264 e. The normalized spacial score (nSPS) is 16.8. The summed E-state index contributed by atoms with van der Waals surface area (Å²) in [5, 5.41) is 4.09. The molecule has 1 atom stereocenters. The molecule has 3 heterocycles. The number of methoxy groups -OCH3 is 1. The second kappa shape index (κ2) is 6.92. The van der Waals surface area contributed by atoms with Crippen LogP contribution in [0.3, 0.4) is 0 Å². The van der Waals surface area contributed by atoms with Gasteiger partial charge in [0, 0.05) is 17.0 Å². The highest BCUT2D eigenvalue weighted by molar-refractivity contribution is 7.13. The molecule has 1 saturated heterocycles. The molecule has 0 saturated carbocycles. The molecule has 0 radical (unpaired) electrons. The van der Waals surface area contributed by atoms with Crippen molar-refractivity contribution in [2.24, 2.45) is 0 Å². The first-order valence-corrected chi connectivity index (χ1v) is 9.33. The van der Waals surface area contributed by atoms with Crippen LogP contribution in [0.4, 0.5) is 0 Å². The minimum atomic E-state index is -0.163. The number of nitrogens with zero attached hydrogens (tertiary/aromatic N) is 3. The van der Waals surface area contributed by atoms with E-state index >= 15 is 0 Å². The molecule has 0 aliphatic carbocycles. The molecule has 1 aromatic carbocycles. The maximum atomic E-state index is 12.8. The van der Waals surface area contributed by atoms with Crippen LogP contribution in [0.1, 0.15) is 39.3 Å². The van der Waals surface area contributed by atoms with Gasteiger partial charge in [-0.15, -0.1) is 11.3 Å². The number of hydrogen-bond acceptors (Lipinski definition) is 6. The van der Waals surface area contributed by atoms with Crippen molar-refractivity contribution in [1.29, 1.82) is 0 Å². The summed E-state index contributed by atoms with van der Waals surface area (Å²) in [6.07, 6.45) is 1.77. The summed E-state index contributed by atoms with van der Waals surface area (Å²) in [6.45, 7) is 2.71. The zero-order valence-electron chi connectivity index (χ0n) is 14.6. The molecule has 0 unspecified atom stereocenters. The quantitative estimate of drug-likeness (QED) is 0.693. The van der Waals surface area contributed by atoms with Gasteiger partial charge in [0.1, 0.15) is 11.8 Å². The first kappa shape index (κ1) is 16.8. The van der Waals surface area contributed by atoms with Crippen LogP contribution in [0, 0.1) is 6.92 Å². The van der Waals surface area contributed by atoms with Gasteiger partial charge in [-0.25, -0.2) is 0 Å². The van der Waals surface area contributed by atoms with Gasteiger partial charge < -0.3 is 14.2 Å². The molecule has 3 aromatic rings. The minimum Gasteiger partial charge on any atom is -0.497 e. The fourth-order valence-electron chi connectivity index (χ4n) is 3.19. The lowest BCUT2D eigenvalue weighted by atomic mass is 10.2. The summed E-state index contributed by atoms with van der Waals surface area (Å²) in [7, 11) is 1.63. The average molecular weight is 369 g/mol. The van der Waals surface area contributed by atoms with E-state index in [1.165, 1.54) is 11.3 Å². The van der Waals surface area contributed by atoms with Crippen LogP contribution in [0.15, 0.2) is 40.9 Å². The number of benzene rings is 1. The number of likely N-dealkylation sites (tertiary alicyclic amines) is 1. The zero-order valence-corrected chi connectivity index (χ0v) is 15.5. The molecule has 0 spiro atoms. The van der Waals surface area contributed by atoms with Crippen molar-refractivity contribution in [2.75, 3.05) is 13.7 Å². The third-order valence-corrected chi connectivity index (χ3v) is 5.53. The molecule has 2 aromatic heterocycles. The van der Waals surface area contributed by atoms with Crippen LogP contribution in [-0.4, -0.2) is 34.6 Å². The van der Waals surface area contributed by atoms with E-state index in [4.69, 9.17) is 9.26 Å². The predicted molar refractivity (Wildman–Crippen MR) is 98.4 cm³/mol. The Labute approximate surface area is 155 Å². The molecule has 4 rings (SSSR count). The summed E-state index contributed by atoms with van der Waals surface area (Å²) in [5.41, 5.74) is 0.852. The number of ether oxygens (including phenoxy) is 1. The second-order valence-electron chi connectivity index (χ2n) is 6.25. The Kier molecular flexibility index (Phi) is 4.46. The van der Waals surface area contributed by atoms with Crippen LogP contribution in [-0.2, 0) is 0 Å². The van der Waals surface area contributed by atoms with E-state index in [-0.39, 0.29) is 11.9 Å². The first-order chi connectivity index (χ1) is 12.7. The Bertz CT molecular complexity index is 916. The molecular formula is C19H19N3O3S. The lowest BCUT2D eigenvalue weighted by Crippen LogP contribution is -2.30. The molecule has 1 fully saturated rings. The van der Waals surface area contributed by atoms with Gasteiger partial charge in [0.2, 0.25) is 11.7 Å². The Morgan fingerprint density at radius 3 is 2.77 bits per heavy atom. The fourth-order valence-corrected chi connectivity index (χ4v) is 4.01. The number of thiophene rings is 1. The Balaban J connectivity index is 1.56. The van der Waals surface area contributed by atoms with Crippen molar-refractivity contribution in [3.8, 4) is 17.1 Å². The maximum absolute atomic E-state index is 12.8. The third-order valence-electron chi connectivity index (χ3n) is 4.54. The van der Waals surface area contributed by atoms with Crippen LogP contribution >= 0.6 is 11.3 Å². The number of hydrogen-bond donors (Lipinski definition) is 0. The van der Waals surface area contributed by atoms with Crippen molar-refractivity contribution in [3.63, 3.8) is 0 Å². The molecule has 0 N–H and O–H groups in total. The summed E-state index contributed by atoms with van der Waals surface area (Å²) in [4.78, 5) is 21.1. The van der Waals surface area contributed by atoms with Gasteiger partial charge in [0.25, 0.3) is 5.91 Å². The van der Waals surface area contributed by atoms with Crippen LogP contribution in [0.2, 0.25) is 0 Å². The van der Waals surface area contributed by atoms with E-state index in [2.05, 4.69) is 10.1 Å². The highest BCUT2D eigenvalue weighted by atomic mass is 32.1.